The zero-order chi connectivity index (χ0) is 12.8. The van der Waals surface area contributed by atoms with E-state index in [1.165, 1.54) is 30.4 Å². The standard InChI is InChI=1S/C16H23NO/c1-11-4-3-5-13-14(8-12(2)15(11)13)17-9-16(10-18)6-7-16/h3-5,12,14,17-18H,6-10H2,1-2H3. The summed E-state index contributed by atoms with van der Waals surface area (Å²) in [5, 5.41) is 13.1. The van der Waals surface area contributed by atoms with Crippen molar-refractivity contribution in [2.45, 2.75) is 45.1 Å². The van der Waals surface area contributed by atoms with E-state index in [9.17, 15) is 5.11 Å². The van der Waals surface area contributed by atoms with E-state index in [4.69, 9.17) is 0 Å². The van der Waals surface area contributed by atoms with Crippen molar-refractivity contribution in [3.63, 3.8) is 0 Å². The average molecular weight is 245 g/mol. The number of aryl methyl sites for hydroxylation is 1. The molecule has 0 saturated heterocycles. The van der Waals surface area contributed by atoms with E-state index in [1.54, 1.807) is 5.56 Å². The lowest BCUT2D eigenvalue weighted by Crippen LogP contribution is -2.29. The maximum absolute atomic E-state index is 9.38. The normalized spacial score (nSPS) is 28.2. The van der Waals surface area contributed by atoms with Crippen LogP contribution in [0.5, 0.6) is 0 Å². The molecular weight excluding hydrogens is 222 g/mol. The van der Waals surface area contributed by atoms with Gasteiger partial charge in [0.15, 0.2) is 0 Å². The lowest BCUT2D eigenvalue weighted by molar-refractivity contribution is 0.203. The Morgan fingerprint density at radius 2 is 2.17 bits per heavy atom. The summed E-state index contributed by atoms with van der Waals surface area (Å²) < 4.78 is 0. The van der Waals surface area contributed by atoms with Crippen molar-refractivity contribution in [3.8, 4) is 0 Å². The Balaban J connectivity index is 1.75. The molecule has 2 atom stereocenters. The maximum atomic E-state index is 9.38. The van der Waals surface area contributed by atoms with Gasteiger partial charge in [0.25, 0.3) is 0 Å². The van der Waals surface area contributed by atoms with Gasteiger partial charge in [0.05, 0.1) is 0 Å². The van der Waals surface area contributed by atoms with Gasteiger partial charge in [0.2, 0.25) is 0 Å². The summed E-state index contributed by atoms with van der Waals surface area (Å²) >= 11 is 0. The monoisotopic (exact) mass is 245 g/mol. The SMILES string of the molecule is Cc1cccc2c1C(C)CC2NCC1(CO)CC1. The molecule has 3 rings (SSSR count). The molecule has 0 amide bonds. The highest BCUT2D eigenvalue weighted by Gasteiger charge is 2.42. The molecule has 0 radical (unpaired) electrons. The minimum absolute atomic E-state index is 0.204. The van der Waals surface area contributed by atoms with Crippen LogP contribution in [0.3, 0.4) is 0 Å². The molecule has 1 saturated carbocycles. The number of aliphatic hydroxyl groups excluding tert-OH is 1. The first-order chi connectivity index (χ1) is 8.65. The van der Waals surface area contributed by atoms with Gasteiger partial charge in [0, 0.05) is 24.6 Å². The molecule has 0 heterocycles. The molecular formula is C16H23NO. The number of benzene rings is 1. The van der Waals surface area contributed by atoms with Crippen LogP contribution in [0.15, 0.2) is 18.2 Å². The molecule has 2 unspecified atom stereocenters. The number of aliphatic hydroxyl groups is 1. The second kappa shape index (κ2) is 4.36. The Bertz CT molecular complexity index is 450. The summed E-state index contributed by atoms with van der Waals surface area (Å²) in [7, 11) is 0. The molecule has 2 heteroatoms. The third kappa shape index (κ3) is 1.98. The molecule has 1 aromatic carbocycles. The van der Waals surface area contributed by atoms with Crippen LogP contribution in [0.25, 0.3) is 0 Å². The fraction of sp³-hybridized carbons (Fsp3) is 0.625. The topological polar surface area (TPSA) is 32.3 Å². The predicted molar refractivity (Wildman–Crippen MR) is 73.7 cm³/mol. The quantitative estimate of drug-likeness (QED) is 0.855. The first-order valence-electron chi connectivity index (χ1n) is 7.09. The zero-order valence-electron chi connectivity index (χ0n) is 11.4. The summed E-state index contributed by atoms with van der Waals surface area (Å²) in [6.45, 7) is 5.84. The highest BCUT2D eigenvalue weighted by molar-refractivity contribution is 5.43. The van der Waals surface area contributed by atoms with E-state index in [2.05, 4.69) is 37.4 Å². The van der Waals surface area contributed by atoms with Gasteiger partial charge in [-0.25, -0.2) is 0 Å². The Morgan fingerprint density at radius 3 is 2.83 bits per heavy atom. The van der Waals surface area contributed by atoms with Crippen LogP contribution in [0.4, 0.5) is 0 Å². The second-order valence-electron chi connectivity index (χ2n) is 6.31. The van der Waals surface area contributed by atoms with Crippen molar-refractivity contribution in [2.75, 3.05) is 13.2 Å². The Kier molecular flexibility index (Phi) is 2.95. The Morgan fingerprint density at radius 1 is 1.39 bits per heavy atom. The zero-order valence-corrected chi connectivity index (χ0v) is 11.4. The van der Waals surface area contributed by atoms with Gasteiger partial charge < -0.3 is 10.4 Å². The molecule has 2 nitrogen and oxygen atoms in total. The number of hydrogen-bond donors (Lipinski definition) is 2. The Labute approximate surface area is 109 Å². The summed E-state index contributed by atoms with van der Waals surface area (Å²) in [5.41, 5.74) is 4.66. The molecule has 0 aliphatic heterocycles. The van der Waals surface area contributed by atoms with Crippen molar-refractivity contribution < 1.29 is 5.11 Å². The minimum atomic E-state index is 0.204. The van der Waals surface area contributed by atoms with Gasteiger partial charge in [-0.15, -0.1) is 0 Å². The van der Waals surface area contributed by atoms with Gasteiger partial charge in [-0.1, -0.05) is 25.1 Å². The van der Waals surface area contributed by atoms with Crippen LogP contribution >= 0.6 is 0 Å². The second-order valence-corrected chi connectivity index (χ2v) is 6.31. The van der Waals surface area contributed by atoms with Crippen molar-refractivity contribution in [1.29, 1.82) is 0 Å². The smallest absolute Gasteiger partial charge is 0.0499 e. The van der Waals surface area contributed by atoms with Crippen molar-refractivity contribution in [1.82, 2.24) is 5.32 Å². The van der Waals surface area contributed by atoms with E-state index in [-0.39, 0.29) is 5.41 Å². The summed E-state index contributed by atoms with van der Waals surface area (Å²) in [5.74, 6) is 0.656. The highest BCUT2D eigenvalue weighted by Crippen LogP contribution is 2.46. The van der Waals surface area contributed by atoms with Crippen molar-refractivity contribution >= 4 is 0 Å². The van der Waals surface area contributed by atoms with Gasteiger partial charge >= 0.3 is 0 Å². The molecule has 0 bridgehead atoms. The largest absolute Gasteiger partial charge is 0.396 e. The maximum Gasteiger partial charge on any atom is 0.0499 e. The fourth-order valence-electron chi connectivity index (χ4n) is 3.38. The van der Waals surface area contributed by atoms with Crippen LogP contribution in [0, 0.1) is 12.3 Å². The highest BCUT2D eigenvalue weighted by atomic mass is 16.3. The van der Waals surface area contributed by atoms with E-state index in [0.29, 0.717) is 18.6 Å². The van der Waals surface area contributed by atoms with Gasteiger partial charge in [0.1, 0.15) is 0 Å². The number of hydrogen-bond acceptors (Lipinski definition) is 2. The molecule has 98 valence electrons. The molecule has 1 aromatic rings. The molecule has 0 spiro atoms. The number of rotatable bonds is 4. The average Bonchev–Trinajstić information content (AvgIpc) is 3.07. The summed E-state index contributed by atoms with van der Waals surface area (Å²) in [4.78, 5) is 0. The summed E-state index contributed by atoms with van der Waals surface area (Å²) in [6, 6.07) is 7.13. The molecule has 2 N–H and O–H groups in total. The molecule has 0 aromatic heterocycles. The van der Waals surface area contributed by atoms with Crippen LogP contribution in [-0.2, 0) is 0 Å². The van der Waals surface area contributed by atoms with E-state index < -0.39 is 0 Å². The van der Waals surface area contributed by atoms with Gasteiger partial charge in [-0.2, -0.15) is 0 Å². The third-order valence-electron chi connectivity index (χ3n) is 4.83. The van der Waals surface area contributed by atoms with Crippen molar-refractivity contribution in [2.24, 2.45) is 5.41 Å². The summed E-state index contributed by atoms with van der Waals surface area (Å²) in [6.07, 6.45) is 3.56. The van der Waals surface area contributed by atoms with Crippen LogP contribution in [0.1, 0.15) is 54.8 Å². The van der Waals surface area contributed by atoms with Gasteiger partial charge in [-0.3, -0.25) is 0 Å². The van der Waals surface area contributed by atoms with Crippen molar-refractivity contribution in [3.05, 3.63) is 34.9 Å². The number of fused-ring (bicyclic) bond motifs is 1. The van der Waals surface area contributed by atoms with Crippen LogP contribution in [-0.4, -0.2) is 18.3 Å². The van der Waals surface area contributed by atoms with E-state index in [0.717, 1.165) is 6.54 Å². The molecule has 2 aliphatic rings. The van der Waals surface area contributed by atoms with E-state index >= 15 is 0 Å². The molecule has 18 heavy (non-hydrogen) atoms. The fourth-order valence-corrected chi connectivity index (χ4v) is 3.38. The lowest BCUT2D eigenvalue weighted by atomic mass is 9.98. The van der Waals surface area contributed by atoms with E-state index in [1.807, 2.05) is 0 Å². The Hall–Kier alpha value is -0.860. The minimum Gasteiger partial charge on any atom is -0.396 e. The first-order valence-corrected chi connectivity index (χ1v) is 7.09. The lowest BCUT2D eigenvalue weighted by Gasteiger charge is -2.19. The predicted octanol–water partition coefficient (Wildman–Crippen LogP) is 2.91. The van der Waals surface area contributed by atoms with Crippen LogP contribution < -0.4 is 5.32 Å². The van der Waals surface area contributed by atoms with Gasteiger partial charge in [-0.05, 0) is 48.8 Å². The van der Waals surface area contributed by atoms with Crippen LogP contribution in [0.2, 0.25) is 0 Å². The number of nitrogens with one attached hydrogen (secondary N) is 1. The first kappa shape index (κ1) is 12.2. The molecule has 1 fully saturated rings. The third-order valence-corrected chi connectivity index (χ3v) is 4.83. The molecule has 2 aliphatic carbocycles.